The standard InChI is InChI=1S/C24H17Cl2N5O/c25-18-10-6-15(7-11-18)20-14-21(16-4-2-1-3-5-16)31-24(27-20)29-23(30-31)28-22(32)17-8-12-19(26)13-9-17/h1-14,21H,(H2,27,28,29,30,32)/t21-/m1/s1. The summed E-state index contributed by atoms with van der Waals surface area (Å²) in [5.41, 5.74) is 3.36. The van der Waals surface area contributed by atoms with E-state index in [1.54, 1.807) is 28.9 Å². The van der Waals surface area contributed by atoms with Gasteiger partial charge in [-0.2, -0.15) is 4.98 Å². The number of rotatable bonds is 4. The Balaban J connectivity index is 1.49. The number of hydrogen-bond acceptors (Lipinski definition) is 4. The number of fused-ring (bicyclic) bond motifs is 1. The van der Waals surface area contributed by atoms with Crippen molar-refractivity contribution in [3.63, 3.8) is 0 Å². The summed E-state index contributed by atoms with van der Waals surface area (Å²) < 4.78 is 1.76. The summed E-state index contributed by atoms with van der Waals surface area (Å²) in [5.74, 6) is 0.420. The van der Waals surface area contributed by atoms with Gasteiger partial charge in [0.1, 0.15) is 6.04 Å². The van der Waals surface area contributed by atoms with Crippen LogP contribution in [0.2, 0.25) is 10.0 Å². The van der Waals surface area contributed by atoms with Gasteiger partial charge in [0.2, 0.25) is 5.95 Å². The van der Waals surface area contributed by atoms with Crippen LogP contribution >= 0.6 is 23.2 Å². The van der Waals surface area contributed by atoms with Crippen molar-refractivity contribution in [2.24, 2.45) is 0 Å². The van der Waals surface area contributed by atoms with Crippen LogP contribution in [0.25, 0.3) is 5.70 Å². The lowest BCUT2D eigenvalue weighted by molar-refractivity contribution is 0.102. The van der Waals surface area contributed by atoms with E-state index in [0.29, 0.717) is 21.6 Å². The molecular formula is C24H17Cl2N5O. The highest BCUT2D eigenvalue weighted by Gasteiger charge is 2.26. The van der Waals surface area contributed by atoms with E-state index < -0.39 is 0 Å². The van der Waals surface area contributed by atoms with Crippen molar-refractivity contribution in [3.8, 4) is 0 Å². The van der Waals surface area contributed by atoms with Crippen LogP contribution in [0.4, 0.5) is 11.9 Å². The van der Waals surface area contributed by atoms with Gasteiger partial charge in [0.05, 0.1) is 0 Å². The third kappa shape index (κ3) is 4.10. The van der Waals surface area contributed by atoms with E-state index in [1.807, 2.05) is 54.6 Å². The number of allylic oxidation sites excluding steroid dienone is 1. The molecule has 32 heavy (non-hydrogen) atoms. The fourth-order valence-corrected chi connectivity index (χ4v) is 3.76. The third-order valence-electron chi connectivity index (χ3n) is 5.09. The Morgan fingerprint density at radius 3 is 2.25 bits per heavy atom. The summed E-state index contributed by atoms with van der Waals surface area (Å²) in [6.07, 6.45) is 2.07. The second-order valence-electron chi connectivity index (χ2n) is 7.23. The van der Waals surface area contributed by atoms with Crippen LogP contribution in [0.15, 0.2) is 84.9 Å². The summed E-state index contributed by atoms with van der Waals surface area (Å²) in [6.45, 7) is 0. The van der Waals surface area contributed by atoms with Gasteiger partial charge < -0.3 is 5.32 Å². The topological polar surface area (TPSA) is 71.8 Å². The molecule has 0 spiro atoms. The molecule has 4 aromatic rings. The number of nitrogens with one attached hydrogen (secondary N) is 2. The van der Waals surface area contributed by atoms with Gasteiger partial charge in [-0.3, -0.25) is 10.1 Å². The number of amides is 1. The lowest BCUT2D eigenvalue weighted by Crippen LogP contribution is -2.20. The normalized spacial score (nSPS) is 14.8. The van der Waals surface area contributed by atoms with Crippen molar-refractivity contribution in [3.05, 3.63) is 112 Å². The first kappa shape index (κ1) is 20.3. The smallest absolute Gasteiger partial charge is 0.258 e. The summed E-state index contributed by atoms with van der Waals surface area (Å²) >= 11 is 12.0. The zero-order valence-corrected chi connectivity index (χ0v) is 18.2. The Bertz CT molecular complexity index is 1300. The first-order chi connectivity index (χ1) is 15.6. The van der Waals surface area contributed by atoms with Crippen LogP contribution in [0.1, 0.15) is 27.5 Å². The SMILES string of the molecule is O=C(Nc1nc2n(n1)[C@@H](c1ccccc1)C=C(c1ccc(Cl)cc1)N2)c1ccc(Cl)cc1. The first-order valence-corrected chi connectivity index (χ1v) is 10.7. The molecule has 1 aliphatic heterocycles. The van der Waals surface area contributed by atoms with E-state index in [2.05, 4.69) is 26.8 Å². The number of anilines is 2. The highest BCUT2D eigenvalue weighted by Crippen LogP contribution is 2.33. The van der Waals surface area contributed by atoms with Gasteiger partial charge in [-0.25, -0.2) is 4.68 Å². The van der Waals surface area contributed by atoms with Crippen molar-refractivity contribution in [1.29, 1.82) is 0 Å². The Hall–Kier alpha value is -3.61. The predicted octanol–water partition coefficient (Wildman–Crippen LogP) is 5.89. The summed E-state index contributed by atoms with van der Waals surface area (Å²) in [7, 11) is 0. The van der Waals surface area contributed by atoms with Crippen LogP contribution in [0.5, 0.6) is 0 Å². The van der Waals surface area contributed by atoms with Crippen molar-refractivity contribution < 1.29 is 4.79 Å². The summed E-state index contributed by atoms with van der Waals surface area (Å²) in [6, 6.07) is 24.0. The van der Waals surface area contributed by atoms with Crippen LogP contribution in [0.3, 0.4) is 0 Å². The Morgan fingerprint density at radius 2 is 1.56 bits per heavy atom. The van der Waals surface area contributed by atoms with Gasteiger partial charge in [0.15, 0.2) is 0 Å². The van der Waals surface area contributed by atoms with Crippen LogP contribution in [-0.2, 0) is 0 Å². The zero-order chi connectivity index (χ0) is 22.1. The fraction of sp³-hybridized carbons (Fsp3) is 0.0417. The van der Waals surface area contributed by atoms with Gasteiger partial charge in [-0.1, -0.05) is 65.7 Å². The molecule has 0 saturated heterocycles. The number of aromatic nitrogens is 3. The molecule has 1 amide bonds. The van der Waals surface area contributed by atoms with Crippen LogP contribution in [-0.4, -0.2) is 20.7 Å². The minimum Gasteiger partial charge on any atom is -0.324 e. The molecule has 0 fully saturated rings. The minimum atomic E-state index is -0.313. The molecule has 0 unspecified atom stereocenters. The predicted molar refractivity (Wildman–Crippen MR) is 127 cm³/mol. The second kappa shape index (κ2) is 8.49. The minimum absolute atomic E-state index is 0.202. The first-order valence-electron chi connectivity index (χ1n) is 9.90. The fourth-order valence-electron chi connectivity index (χ4n) is 3.51. The Labute approximate surface area is 194 Å². The van der Waals surface area contributed by atoms with Gasteiger partial charge in [0, 0.05) is 21.3 Å². The van der Waals surface area contributed by atoms with Gasteiger partial charge in [-0.15, -0.1) is 5.10 Å². The van der Waals surface area contributed by atoms with Gasteiger partial charge in [-0.05, 0) is 53.6 Å². The maximum Gasteiger partial charge on any atom is 0.258 e. The highest BCUT2D eigenvalue weighted by atomic mass is 35.5. The van der Waals surface area contributed by atoms with E-state index in [4.69, 9.17) is 23.2 Å². The maximum absolute atomic E-state index is 12.6. The molecule has 0 radical (unpaired) electrons. The van der Waals surface area contributed by atoms with E-state index in [0.717, 1.165) is 16.8 Å². The monoisotopic (exact) mass is 461 g/mol. The van der Waals surface area contributed by atoms with E-state index in [-0.39, 0.29) is 17.9 Å². The molecule has 1 atom stereocenters. The van der Waals surface area contributed by atoms with Crippen molar-refractivity contribution in [2.75, 3.05) is 10.6 Å². The zero-order valence-electron chi connectivity index (χ0n) is 16.7. The number of carbonyl (C=O) groups is 1. The average Bonchev–Trinajstić information content (AvgIpc) is 3.22. The lowest BCUT2D eigenvalue weighted by Gasteiger charge is -2.24. The van der Waals surface area contributed by atoms with Crippen molar-refractivity contribution in [2.45, 2.75) is 6.04 Å². The molecule has 2 N–H and O–H groups in total. The van der Waals surface area contributed by atoms with E-state index in [1.165, 1.54) is 0 Å². The molecule has 8 heteroatoms. The third-order valence-corrected chi connectivity index (χ3v) is 5.60. The molecule has 5 rings (SSSR count). The number of benzene rings is 3. The maximum atomic E-state index is 12.6. The summed E-state index contributed by atoms with van der Waals surface area (Å²) in [5, 5.41) is 11.9. The highest BCUT2D eigenvalue weighted by molar-refractivity contribution is 6.31. The van der Waals surface area contributed by atoms with Gasteiger partial charge >= 0.3 is 0 Å². The number of carbonyl (C=O) groups excluding carboxylic acids is 1. The van der Waals surface area contributed by atoms with E-state index >= 15 is 0 Å². The Morgan fingerprint density at radius 1 is 0.906 bits per heavy atom. The molecule has 1 aliphatic rings. The lowest BCUT2D eigenvalue weighted by atomic mass is 10.0. The van der Waals surface area contributed by atoms with Gasteiger partial charge in [0.25, 0.3) is 11.9 Å². The Kier molecular flexibility index (Phi) is 5.39. The van der Waals surface area contributed by atoms with Crippen molar-refractivity contribution in [1.82, 2.24) is 14.8 Å². The molecule has 1 aromatic heterocycles. The molecule has 6 nitrogen and oxygen atoms in total. The summed E-state index contributed by atoms with van der Waals surface area (Å²) in [4.78, 5) is 17.1. The quantitative estimate of drug-likeness (QED) is 0.397. The number of hydrogen-bond donors (Lipinski definition) is 2. The van der Waals surface area contributed by atoms with E-state index in [9.17, 15) is 4.79 Å². The van der Waals surface area contributed by atoms with Crippen molar-refractivity contribution >= 4 is 46.7 Å². The molecular weight excluding hydrogens is 445 g/mol. The molecule has 0 bridgehead atoms. The average molecular weight is 462 g/mol. The number of halogens is 2. The van der Waals surface area contributed by atoms with Crippen LogP contribution in [0, 0.1) is 0 Å². The molecule has 3 aromatic carbocycles. The largest absolute Gasteiger partial charge is 0.324 e. The molecule has 0 saturated carbocycles. The van der Waals surface area contributed by atoms with Crippen LogP contribution < -0.4 is 10.6 Å². The second-order valence-corrected chi connectivity index (χ2v) is 8.11. The molecule has 0 aliphatic carbocycles. The number of nitrogens with zero attached hydrogens (tertiary/aromatic N) is 3. The molecule has 158 valence electrons. The molecule has 2 heterocycles.